The third-order valence-corrected chi connectivity index (χ3v) is 5.76. The van der Waals surface area contributed by atoms with Crippen molar-refractivity contribution in [2.75, 3.05) is 19.8 Å². The number of carbonyl (C=O) groups is 1. The van der Waals surface area contributed by atoms with Gasteiger partial charge in [0.15, 0.2) is 18.1 Å². The van der Waals surface area contributed by atoms with Crippen LogP contribution in [0.1, 0.15) is 59.5 Å². The molecule has 1 aliphatic carbocycles. The van der Waals surface area contributed by atoms with Crippen molar-refractivity contribution in [2.45, 2.75) is 50.4 Å². The molecule has 2 aliphatic rings. The van der Waals surface area contributed by atoms with E-state index in [9.17, 15) is 18.0 Å². The van der Waals surface area contributed by atoms with Crippen molar-refractivity contribution >= 4 is 5.91 Å². The maximum Gasteiger partial charge on any atom is 0.422 e. The molecule has 1 saturated heterocycles. The quantitative estimate of drug-likeness (QED) is 0.605. The molecule has 0 spiro atoms. The Bertz CT molecular complexity index is 1030. The molecule has 1 saturated carbocycles. The first-order valence-electron chi connectivity index (χ1n) is 10.0. The zero-order valence-corrected chi connectivity index (χ0v) is 17.5. The number of primary amides is 1. The molecule has 2 aromatic heterocycles. The van der Waals surface area contributed by atoms with E-state index in [0.717, 1.165) is 19.0 Å². The van der Waals surface area contributed by atoms with E-state index in [2.05, 4.69) is 15.1 Å². The van der Waals surface area contributed by atoms with Gasteiger partial charge in [0.2, 0.25) is 5.89 Å². The molecule has 1 atom stereocenters. The number of aryl methyl sites for hydroxylation is 1. The van der Waals surface area contributed by atoms with Gasteiger partial charge >= 0.3 is 6.18 Å². The van der Waals surface area contributed by atoms with E-state index in [1.807, 2.05) is 0 Å². The first kappa shape index (κ1) is 22.4. The lowest BCUT2D eigenvalue weighted by atomic mass is 9.74. The van der Waals surface area contributed by atoms with E-state index < -0.39 is 35.5 Å². The van der Waals surface area contributed by atoms with E-state index in [1.165, 1.54) is 0 Å². The van der Waals surface area contributed by atoms with Crippen LogP contribution in [0.4, 0.5) is 17.6 Å². The minimum Gasteiger partial charge on any atom is -0.483 e. The van der Waals surface area contributed by atoms with Gasteiger partial charge in [0.25, 0.3) is 5.91 Å². The average Bonchev–Trinajstić information content (AvgIpc) is 3.38. The predicted molar refractivity (Wildman–Crippen MR) is 101 cm³/mol. The average molecular weight is 458 g/mol. The van der Waals surface area contributed by atoms with Gasteiger partial charge in [-0.1, -0.05) is 18.0 Å². The van der Waals surface area contributed by atoms with Crippen LogP contribution in [0.2, 0.25) is 0 Å². The van der Waals surface area contributed by atoms with Crippen LogP contribution in [0.15, 0.2) is 10.7 Å². The Morgan fingerprint density at radius 3 is 2.50 bits per heavy atom. The van der Waals surface area contributed by atoms with Gasteiger partial charge in [-0.3, -0.25) is 9.78 Å². The van der Waals surface area contributed by atoms with Gasteiger partial charge in [-0.25, -0.2) is 4.39 Å². The van der Waals surface area contributed by atoms with Crippen molar-refractivity contribution in [1.82, 2.24) is 15.1 Å². The minimum absolute atomic E-state index is 0.0802. The topological polar surface area (TPSA) is 113 Å². The van der Waals surface area contributed by atoms with Crippen LogP contribution < -0.4 is 10.5 Å². The van der Waals surface area contributed by atoms with Crippen LogP contribution in [0.5, 0.6) is 5.75 Å². The summed E-state index contributed by atoms with van der Waals surface area (Å²) >= 11 is 0. The summed E-state index contributed by atoms with van der Waals surface area (Å²) in [7, 11) is 0. The van der Waals surface area contributed by atoms with Crippen molar-refractivity contribution in [3.8, 4) is 5.75 Å². The van der Waals surface area contributed by atoms with Crippen molar-refractivity contribution in [2.24, 2.45) is 11.7 Å². The summed E-state index contributed by atoms with van der Waals surface area (Å²) < 4.78 is 70.0. The molecule has 0 bridgehead atoms. The maximum absolute atomic E-state index is 15.4. The largest absolute Gasteiger partial charge is 0.483 e. The molecule has 174 valence electrons. The normalized spacial score (nSPS) is 19.8. The van der Waals surface area contributed by atoms with Gasteiger partial charge in [0.1, 0.15) is 11.4 Å². The number of aromatic nitrogens is 3. The Balaban J connectivity index is 1.98. The van der Waals surface area contributed by atoms with Crippen molar-refractivity contribution < 1.29 is 36.4 Å². The van der Waals surface area contributed by atoms with Gasteiger partial charge in [0.05, 0.1) is 24.2 Å². The zero-order valence-electron chi connectivity index (χ0n) is 17.5. The first-order chi connectivity index (χ1) is 14.9. The third-order valence-electron chi connectivity index (χ3n) is 5.76. The summed E-state index contributed by atoms with van der Waals surface area (Å²) in [4.78, 5) is 20.6. The first-order valence-corrected chi connectivity index (χ1v) is 10.0. The van der Waals surface area contributed by atoms with Gasteiger partial charge in [-0.05, 0) is 19.3 Å². The van der Waals surface area contributed by atoms with Crippen LogP contribution in [-0.2, 0) is 15.8 Å². The molecular weight excluding hydrogens is 436 g/mol. The minimum atomic E-state index is -4.71. The summed E-state index contributed by atoms with van der Waals surface area (Å²) in [5, 5.41) is 3.96. The monoisotopic (exact) mass is 458 g/mol. The number of hydrogen-bond acceptors (Lipinski definition) is 7. The highest BCUT2D eigenvalue weighted by molar-refractivity contribution is 5.94. The molecule has 0 radical (unpaired) electrons. The van der Waals surface area contributed by atoms with Crippen LogP contribution in [0.3, 0.4) is 0 Å². The maximum atomic E-state index is 15.4. The standard InChI is InChI=1S/C20H22F4N4O4/c1-10-27-17(28-32-10)18(2,5-11-3-4-11)13-14(16(25)29)26-6-12(19(21)7-30-8-19)15(13)31-9-20(22,23)24/h6,11H,3-5,7-9H2,1-2H3,(H2,25,29). The molecule has 1 aliphatic heterocycles. The second-order valence-electron chi connectivity index (χ2n) is 8.57. The number of alkyl halides is 4. The number of rotatable bonds is 8. The Labute approximate surface area is 180 Å². The number of carbonyl (C=O) groups excluding carboxylic acids is 1. The third kappa shape index (κ3) is 4.15. The number of amides is 1. The van der Waals surface area contributed by atoms with E-state index in [1.54, 1.807) is 13.8 Å². The lowest BCUT2D eigenvalue weighted by Crippen LogP contribution is -2.44. The Morgan fingerprint density at radius 1 is 1.34 bits per heavy atom. The second kappa shape index (κ2) is 7.68. The summed E-state index contributed by atoms with van der Waals surface area (Å²) in [6, 6.07) is 0. The fourth-order valence-electron chi connectivity index (χ4n) is 3.98. The fourth-order valence-corrected chi connectivity index (χ4v) is 3.98. The fraction of sp³-hybridized carbons (Fsp3) is 0.600. The number of pyridine rings is 1. The molecule has 2 aromatic rings. The second-order valence-corrected chi connectivity index (χ2v) is 8.57. The van der Waals surface area contributed by atoms with Gasteiger partial charge in [-0.2, -0.15) is 18.2 Å². The highest BCUT2D eigenvalue weighted by Gasteiger charge is 2.50. The molecule has 2 N–H and O–H groups in total. The molecule has 8 nitrogen and oxygen atoms in total. The SMILES string of the molecule is Cc1nc(C(C)(CC2CC2)c2c(C(N)=O)ncc(C3(F)COC3)c2OCC(F)(F)F)no1. The molecular formula is C20H22F4N4O4. The molecule has 3 heterocycles. The van der Waals surface area contributed by atoms with Crippen LogP contribution in [-0.4, -0.2) is 47.0 Å². The summed E-state index contributed by atoms with van der Waals surface area (Å²) in [6.45, 7) is 0.740. The summed E-state index contributed by atoms with van der Waals surface area (Å²) in [5.41, 5.74) is 1.49. The highest BCUT2D eigenvalue weighted by atomic mass is 19.4. The van der Waals surface area contributed by atoms with E-state index in [0.29, 0.717) is 6.42 Å². The Kier molecular flexibility index (Phi) is 5.38. The lowest BCUT2D eigenvalue weighted by molar-refractivity contribution is -0.156. The Hall–Kier alpha value is -2.76. The zero-order chi connectivity index (χ0) is 23.3. The molecule has 32 heavy (non-hydrogen) atoms. The summed E-state index contributed by atoms with van der Waals surface area (Å²) in [5.74, 6) is -0.896. The van der Waals surface area contributed by atoms with Crippen molar-refractivity contribution in [1.29, 1.82) is 0 Å². The van der Waals surface area contributed by atoms with E-state index in [-0.39, 0.29) is 47.7 Å². The van der Waals surface area contributed by atoms with Crippen LogP contribution in [0.25, 0.3) is 0 Å². The van der Waals surface area contributed by atoms with Crippen molar-refractivity contribution in [3.63, 3.8) is 0 Å². The molecule has 12 heteroatoms. The van der Waals surface area contributed by atoms with Gasteiger partial charge < -0.3 is 19.7 Å². The van der Waals surface area contributed by atoms with Crippen LogP contribution >= 0.6 is 0 Å². The van der Waals surface area contributed by atoms with E-state index in [4.69, 9.17) is 19.7 Å². The molecule has 0 aromatic carbocycles. The highest BCUT2D eigenvalue weighted by Crippen LogP contribution is 2.51. The van der Waals surface area contributed by atoms with Crippen LogP contribution in [0, 0.1) is 12.8 Å². The van der Waals surface area contributed by atoms with Gasteiger partial charge in [0, 0.05) is 18.7 Å². The smallest absolute Gasteiger partial charge is 0.422 e. The lowest BCUT2D eigenvalue weighted by Gasteiger charge is -2.37. The van der Waals surface area contributed by atoms with Crippen molar-refractivity contribution in [3.05, 3.63) is 34.7 Å². The number of ether oxygens (including phenoxy) is 2. The van der Waals surface area contributed by atoms with E-state index >= 15 is 4.39 Å². The predicted octanol–water partition coefficient (Wildman–Crippen LogP) is 3.11. The van der Waals surface area contributed by atoms with Gasteiger partial charge in [-0.15, -0.1) is 0 Å². The Morgan fingerprint density at radius 2 is 2.03 bits per heavy atom. The molecule has 1 amide bonds. The molecule has 4 rings (SSSR count). The number of nitrogens with zero attached hydrogens (tertiary/aromatic N) is 3. The number of nitrogens with two attached hydrogens (primary N) is 1. The number of hydrogen-bond donors (Lipinski definition) is 1. The molecule has 1 unspecified atom stereocenters. The molecule has 2 fully saturated rings. The number of halogens is 4. The summed E-state index contributed by atoms with van der Waals surface area (Å²) in [6.07, 6.45) is -1.61.